The van der Waals surface area contributed by atoms with Crippen molar-refractivity contribution in [1.82, 2.24) is 0 Å². The normalized spacial score (nSPS) is 24.2. The molecule has 0 aliphatic heterocycles. The Morgan fingerprint density at radius 3 is 2.58 bits per heavy atom. The van der Waals surface area contributed by atoms with E-state index in [-0.39, 0.29) is 6.10 Å². The molecule has 0 bridgehead atoms. The second-order valence-corrected chi connectivity index (χ2v) is 5.22. The Hall–Kier alpha value is 0.400. The van der Waals surface area contributed by atoms with Gasteiger partial charge in [0.25, 0.3) is 0 Å². The van der Waals surface area contributed by atoms with Crippen LogP contribution in [0, 0.1) is 5.92 Å². The molecule has 0 heterocycles. The Labute approximate surface area is 80.6 Å². The maximum atomic E-state index is 10.8. The fraction of sp³-hybridized carbons (Fsp3) is 1.00. The van der Waals surface area contributed by atoms with Crippen molar-refractivity contribution in [2.24, 2.45) is 5.92 Å². The fourth-order valence-electron chi connectivity index (χ4n) is 1.85. The van der Waals surface area contributed by atoms with Gasteiger partial charge in [-0.1, -0.05) is 12.8 Å². The molecule has 4 heteroatoms. The highest BCUT2D eigenvalue weighted by Crippen LogP contribution is 2.29. The third-order valence-corrected chi connectivity index (χ3v) is 3.49. The van der Waals surface area contributed by atoms with Crippen LogP contribution in [0.4, 0.5) is 0 Å². The molecule has 2 unspecified atom stereocenters. The van der Waals surface area contributed by atoms with E-state index in [2.05, 4.69) is 0 Å². The summed E-state index contributed by atoms with van der Waals surface area (Å²) in [5, 5.41) is 0. The zero-order valence-corrected chi connectivity index (χ0v) is 8.87. The summed E-state index contributed by atoms with van der Waals surface area (Å²) in [5.41, 5.74) is 0. The highest BCUT2D eigenvalue weighted by Gasteiger charge is 2.25. The van der Waals surface area contributed by atoms with Gasteiger partial charge in [0.15, 0.2) is 0 Å². The van der Waals surface area contributed by atoms with E-state index in [4.69, 9.17) is 15.4 Å². The third kappa shape index (κ3) is 3.04. The predicted molar refractivity (Wildman–Crippen MR) is 51.6 cm³/mol. The van der Waals surface area contributed by atoms with Crippen LogP contribution in [0.1, 0.15) is 25.7 Å². The van der Waals surface area contributed by atoms with Crippen molar-refractivity contribution in [1.29, 1.82) is 0 Å². The quantitative estimate of drug-likeness (QED) is 0.665. The van der Waals surface area contributed by atoms with Gasteiger partial charge in [0.1, 0.15) is 10.0 Å². The molecular weight excluding hydrogens is 196 g/mol. The highest BCUT2D eigenvalue weighted by molar-refractivity contribution is 8.08. The molecule has 0 spiro atoms. The Morgan fingerprint density at radius 1 is 1.58 bits per heavy atom. The molecule has 0 aromatic heterocycles. The second kappa shape index (κ2) is 5.20. The van der Waals surface area contributed by atoms with Gasteiger partial charge in [0, 0.05) is 7.11 Å². The van der Waals surface area contributed by atoms with E-state index < -0.39 is 10.0 Å². The van der Waals surface area contributed by atoms with Crippen LogP contribution in [0.2, 0.25) is 0 Å². The predicted octanol–water partition coefficient (Wildman–Crippen LogP) is 2.09. The Bertz CT molecular complexity index is 157. The van der Waals surface area contributed by atoms with Gasteiger partial charge in [-0.2, -0.15) is 0 Å². The molecule has 0 aromatic rings. The summed E-state index contributed by atoms with van der Waals surface area (Å²) < 4.78 is 16.0. The van der Waals surface area contributed by atoms with E-state index in [9.17, 15) is 4.21 Å². The minimum absolute atomic E-state index is 0.103. The number of hydrogen-bond donors (Lipinski definition) is 0. The van der Waals surface area contributed by atoms with Gasteiger partial charge in [-0.15, -0.1) is 0 Å². The number of hydrogen-bond acceptors (Lipinski definition) is 2. The molecule has 0 aromatic carbocycles. The van der Waals surface area contributed by atoms with E-state index >= 15 is 0 Å². The van der Waals surface area contributed by atoms with Gasteiger partial charge in [-0.3, -0.25) is 0 Å². The minimum atomic E-state index is -1.24. The molecular formula is C8H15ClO2S. The molecule has 1 fully saturated rings. The molecule has 2 nitrogen and oxygen atoms in total. The summed E-state index contributed by atoms with van der Waals surface area (Å²) >= 11 is 0. The molecule has 0 N–H and O–H groups in total. The van der Waals surface area contributed by atoms with Crippen LogP contribution in [-0.4, -0.2) is 23.2 Å². The maximum absolute atomic E-state index is 10.8. The molecule has 1 saturated carbocycles. The first-order chi connectivity index (χ1) is 5.74. The maximum Gasteiger partial charge on any atom is 0.117 e. The Balaban J connectivity index is 2.37. The van der Waals surface area contributed by atoms with E-state index in [0.29, 0.717) is 11.7 Å². The molecule has 0 saturated heterocycles. The molecule has 0 radical (unpaired) electrons. The lowest BCUT2D eigenvalue weighted by Gasteiger charge is -2.19. The SMILES string of the molecule is COC(CS(=O)Cl)C1CCCC1. The minimum Gasteiger partial charge on any atom is -0.380 e. The van der Waals surface area contributed by atoms with Crippen LogP contribution in [0.15, 0.2) is 0 Å². The van der Waals surface area contributed by atoms with Crippen LogP contribution < -0.4 is 0 Å². The molecule has 1 aliphatic rings. The molecule has 72 valence electrons. The summed E-state index contributed by atoms with van der Waals surface area (Å²) in [6, 6.07) is 0. The number of ether oxygens (including phenoxy) is 1. The van der Waals surface area contributed by atoms with Gasteiger partial charge in [0.05, 0.1) is 11.9 Å². The molecule has 1 rings (SSSR count). The van der Waals surface area contributed by atoms with Crippen molar-refractivity contribution < 1.29 is 8.95 Å². The molecule has 0 amide bonds. The van der Waals surface area contributed by atoms with Crippen molar-refractivity contribution in [3.05, 3.63) is 0 Å². The average Bonchev–Trinajstić information content (AvgIpc) is 2.51. The molecule has 12 heavy (non-hydrogen) atoms. The van der Waals surface area contributed by atoms with Crippen molar-refractivity contribution in [3.63, 3.8) is 0 Å². The van der Waals surface area contributed by atoms with Crippen LogP contribution in [0.25, 0.3) is 0 Å². The van der Waals surface area contributed by atoms with Crippen LogP contribution >= 0.6 is 10.7 Å². The smallest absolute Gasteiger partial charge is 0.117 e. The summed E-state index contributed by atoms with van der Waals surface area (Å²) in [6.07, 6.45) is 5.06. The van der Waals surface area contributed by atoms with E-state index in [1.54, 1.807) is 7.11 Å². The van der Waals surface area contributed by atoms with Crippen LogP contribution in [0.5, 0.6) is 0 Å². The molecule has 2 atom stereocenters. The first kappa shape index (κ1) is 10.5. The van der Waals surface area contributed by atoms with E-state index in [1.165, 1.54) is 25.7 Å². The molecule has 1 aliphatic carbocycles. The zero-order valence-electron chi connectivity index (χ0n) is 7.29. The van der Waals surface area contributed by atoms with E-state index in [0.717, 1.165) is 0 Å². The van der Waals surface area contributed by atoms with Gasteiger partial charge in [-0.25, -0.2) is 4.21 Å². The van der Waals surface area contributed by atoms with Gasteiger partial charge in [0.2, 0.25) is 0 Å². The van der Waals surface area contributed by atoms with Crippen LogP contribution in [-0.2, 0) is 14.7 Å². The lowest BCUT2D eigenvalue weighted by Crippen LogP contribution is -2.25. The lowest BCUT2D eigenvalue weighted by atomic mass is 10.0. The number of rotatable bonds is 4. The zero-order chi connectivity index (χ0) is 8.97. The summed E-state index contributed by atoms with van der Waals surface area (Å²) in [5.74, 6) is 1.06. The third-order valence-electron chi connectivity index (χ3n) is 2.52. The van der Waals surface area contributed by atoms with E-state index in [1.807, 2.05) is 0 Å². The lowest BCUT2D eigenvalue weighted by molar-refractivity contribution is 0.0727. The monoisotopic (exact) mass is 210 g/mol. The van der Waals surface area contributed by atoms with Gasteiger partial charge < -0.3 is 4.74 Å². The standard InChI is InChI=1S/C8H15ClO2S/c1-11-8(6-12(9)10)7-4-2-3-5-7/h7-8H,2-6H2,1H3. The Morgan fingerprint density at radius 2 is 2.17 bits per heavy atom. The van der Waals surface area contributed by atoms with Gasteiger partial charge in [-0.05, 0) is 29.4 Å². The fourth-order valence-corrected chi connectivity index (χ4v) is 2.89. The van der Waals surface area contributed by atoms with Gasteiger partial charge >= 0.3 is 0 Å². The average molecular weight is 211 g/mol. The topological polar surface area (TPSA) is 26.3 Å². The van der Waals surface area contributed by atoms with Crippen LogP contribution in [0.3, 0.4) is 0 Å². The summed E-state index contributed by atoms with van der Waals surface area (Å²) in [4.78, 5) is 0. The van der Waals surface area contributed by atoms with Crippen molar-refractivity contribution in [2.75, 3.05) is 12.9 Å². The highest BCUT2D eigenvalue weighted by atomic mass is 35.7. The second-order valence-electron chi connectivity index (χ2n) is 3.28. The first-order valence-corrected chi connectivity index (χ1v) is 6.46. The summed E-state index contributed by atoms with van der Waals surface area (Å²) in [7, 11) is 5.85. The Kier molecular flexibility index (Phi) is 4.54. The summed E-state index contributed by atoms with van der Waals surface area (Å²) in [6.45, 7) is 0. The largest absolute Gasteiger partial charge is 0.380 e. The number of halogens is 1. The van der Waals surface area contributed by atoms with Crippen molar-refractivity contribution in [2.45, 2.75) is 31.8 Å². The van der Waals surface area contributed by atoms with Crippen molar-refractivity contribution >= 4 is 20.7 Å². The van der Waals surface area contributed by atoms with Crippen molar-refractivity contribution in [3.8, 4) is 0 Å². The number of methoxy groups -OCH3 is 1. The first-order valence-electron chi connectivity index (χ1n) is 4.31.